The smallest absolute Gasteiger partial charge is 0.283 e. The number of nitrogens with zero attached hydrogens (tertiary/aromatic N) is 1. The Labute approximate surface area is 96.9 Å². The molecule has 86 valence electrons. The van der Waals surface area contributed by atoms with Crippen molar-refractivity contribution in [2.45, 2.75) is 11.2 Å². The first-order valence-corrected chi connectivity index (χ1v) is 6.00. The number of nitro groups is 1. The Morgan fingerprint density at radius 1 is 1.44 bits per heavy atom. The standard InChI is InChI=1S/C10H11NO4S/c1-16-9-3-2-7(6-8(9)11(12)13)10-14-4-5-15-10/h2-3,6,10H,4-5H2,1H3. The van der Waals surface area contributed by atoms with Crippen LogP contribution in [0.25, 0.3) is 0 Å². The average molecular weight is 241 g/mol. The first-order valence-electron chi connectivity index (χ1n) is 4.78. The molecule has 0 N–H and O–H groups in total. The van der Waals surface area contributed by atoms with Gasteiger partial charge in [-0.3, -0.25) is 10.1 Å². The maximum Gasteiger partial charge on any atom is 0.283 e. The van der Waals surface area contributed by atoms with Gasteiger partial charge < -0.3 is 9.47 Å². The van der Waals surface area contributed by atoms with E-state index < -0.39 is 6.29 Å². The van der Waals surface area contributed by atoms with E-state index in [1.807, 2.05) is 6.26 Å². The first-order chi connectivity index (χ1) is 7.72. The number of ether oxygens (including phenoxy) is 2. The molecule has 1 aliphatic heterocycles. The molecule has 0 aliphatic carbocycles. The Kier molecular flexibility index (Phi) is 3.42. The highest BCUT2D eigenvalue weighted by atomic mass is 32.2. The highest BCUT2D eigenvalue weighted by Gasteiger charge is 2.22. The summed E-state index contributed by atoms with van der Waals surface area (Å²) in [6.45, 7) is 1.06. The normalized spacial score (nSPS) is 16.6. The lowest BCUT2D eigenvalue weighted by Gasteiger charge is -2.09. The molecule has 0 radical (unpaired) electrons. The molecular weight excluding hydrogens is 230 g/mol. The maximum atomic E-state index is 10.9. The number of nitro benzene ring substituents is 1. The van der Waals surface area contributed by atoms with Crippen molar-refractivity contribution >= 4 is 17.4 Å². The number of rotatable bonds is 3. The Morgan fingerprint density at radius 2 is 2.12 bits per heavy atom. The van der Waals surface area contributed by atoms with Gasteiger partial charge in [0.15, 0.2) is 6.29 Å². The fourth-order valence-electron chi connectivity index (χ4n) is 1.55. The highest BCUT2D eigenvalue weighted by Crippen LogP contribution is 2.32. The molecule has 1 aliphatic rings. The van der Waals surface area contributed by atoms with Gasteiger partial charge in [0.25, 0.3) is 5.69 Å². The van der Waals surface area contributed by atoms with Gasteiger partial charge in [0.1, 0.15) is 0 Å². The Morgan fingerprint density at radius 3 is 2.69 bits per heavy atom. The molecule has 0 atom stereocenters. The summed E-state index contributed by atoms with van der Waals surface area (Å²) in [6.07, 6.45) is 1.35. The van der Waals surface area contributed by atoms with Crippen molar-refractivity contribution in [3.05, 3.63) is 33.9 Å². The molecule has 6 heteroatoms. The summed E-state index contributed by atoms with van der Waals surface area (Å²) < 4.78 is 10.6. The van der Waals surface area contributed by atoms with Crippen LogP contribution in [-0.2, 0) is 9.47 Å². The van der Waals surface area contributed by atoms with Crippen molar-refractivity contribution in [1.82, 2.24) is 0 Å². The van der Waals surface area contributed by atoms with Crippen molar-refractivity contribution in [1.29, 1.82) is 0 Å². The number of hydrogen-bond acceptors (Lipinski definition) is 5. The molecule has 0 aromatic heterocycles. The van der Waals surface area contributed by atoms with E-state index in [2.05, 4.69) is 0 Å². The summed E-state index contributed by atoms with van der Waals surface area (Å²) in [6, 6.07) is 5.04. The zero-order valence-corrected chi connectivity index (χ0v) is 9.53. The fourth-order valence-corrected chi connectivity index (χ4v) is 2.09. The van der Waals surface area contributed by atoms with Crippen molar-refractivity contribution in [3.8, 4) is 0 Å². The molecule has 5 nitrogen and oxygen atoms in total. The first kappa shape index (κ1) is 11.4. The molecule has 0 saturated carbocycles. The van der Waals surface area contributed by atoms with Crippen LogP contribution in [0.4, 0.5) is 5.69 Å². The molecule has 1 aromatic rings. The minimum Gasteiger partial charge on any atom is -0.346 e. The third kappa shape index (κ3) is 2.18. The van der Waals surface area contributed by atoms with Gasteiger partial charge in [0.05, 0.1) is 23.0 Å². The second-order valence-electron chi connectivity index (χ2n) is 3.26. The van der Waals surface area contributed by atoms with Gasteiger partial charge in [-0.2, -0.15) is 0 Å². The minimum atomic E-state index is -0.463. The maximum absolute atomic E-state index is 10.9. The molecule has 1 aromatic carbocycles. The molecule has 0 spiro atoms. The van der Waals surface area contributed by atoms with E-state index in [1.54, 1.807) is 12.1 Å². The third-order valence-corrected chi connectivity index (χ3v) is 3.08. The Bertz CT molecular complexity index is 404. The molecule has 2 rings (SSSR count). The van der Waals surface area contributed by atoms with Crippen molar-refractivity contribution < 1.29 is 14.4 Å². The number of hydrogen-bond donors (Lipinski definition) is 0. The van der Waals surface area contributed by atoms with Gasteiger partial charge in [-0.15, -0.1) is 11.8 Å². The molecule has 1 fully saturated rings. The number of benzene rings is 1. The summed E-state index contributed by atoms with van der Waals surface area (Å²) >= 11 is 1.35. The lowest BCUT2D eigenvalue weighted by molar-refractivity contribution is -0.387. The van der Waals surface area contributed by atoms with Crippen LogP contribution in [-0.4, -0.2) is 24.4 Å². The zero-order valence-electron chi connectivity index (χ0n) is 8.71. The quantitative estimate of drug-likeness (QED) is 0.462. The van der Waals surface area contributed by atoms with Crippen LogP contribution in [0, 0.1) is 10.1 Å². The molecule has 1 saturated heterocycles. The van der Waals surface area contributed by atoms with Crippen molar-refractivity contribution in [2.24, 2.45) is 0 Å². The Hall–Kier alpha value is -1.11. The predicted octanol–water partition coefficient (Wildman–Crippen LogP) is 2.36. The highest BCUT2D eigenvalue weighted by molar-refractivity contribution is 7.98. The van der Waals surface area contributed by atoms with E-state index in [-0.39, 0.29) is 10.6 Å². The average Bonchev–Trinajstić information content (AvgIpc) is 2.81. The van der Waals surface area contributed by atoms with Crippen LogP contribution in [0.5, 0.6) is 0 Å². The molecule has 0 bridgehead atoms. The van der Waals surface area contributed by atoms with E-state index in [4.69, 9.17) is 9.47 Å². The lowest BCUT2D eigenvalue weighted by Crippen LogP contribution is -2.00. The molecule has 0 unspecified atom stereocenters. The summed E-state index contributed by atoms with van der Waals surface area (Å²) in [7, 11) is 0. The summed E-state index contributed by atoms with van der Waals surface area (Å²) in [4.78, 5) is 11.1. The summed E-state index contributed by atoms with van der Waals surface area (Å²) in [5, 5.41) is 10.9. The second-order valence-corrected chi connectivity index (χ2v) is 4.11. The van der Waals surface area contributed by atoms with Crippen LogP contribution in [0.3, 0.4) is 0 Å². The van der Waals surface area contributed by atoms with Crippen LogP contribution in [0.2, 0.25) is 0 Å². The SMILES string of the molecule is CSc1ccc(C2OCCO2)cc1[N+](=O)[O-]. The van der Waals surface area contributed by atoms with Crippen LogP contribution in [0.15, 0.2) is 23.1 Å². The molecule has 1 heterocycles. The minimum absolute atomic E-state index is 0.101. The fraction of sp³-hybridized carbons (Fsp3) is 0.400. The van der Waals surface area contributed by atoms with Crippen LogP contribution < -0.4 is 0 Å². The molecular formula is C10H11NO4S. The van der Waals surface area contributed by atoms with Crippen molar-refractivity contribution in [3.63, 3.8) is 0 Å². The zero-order chi connectivity index (χ0) is 11.5. The van der Waals surface area contributed by atoms with Gasteiger partial charge in [-0.25, -0.2) is 0 Å². The van der Waals surface area contributed by atoms with Crippen LogP contribution in [0.1, 0.15) is 11.9 Å². The van der Waals surface area contributed by atoms with Gasteiger partial charge >= 0.3 is 0 Å². The van der Waals surface area contributed by atoms with E-state index in [0.717, 1.165) is 0 Å². The Balaban J connectivity index is 2.34. The lowest BCUT2D eigenvalue weighted by atomic mass is 10.2. The van der Waals surface area contributed by atoms with Crippen LogP contribution >= 0.6 is 11.8 Å². The van der Waals surface area contributed by atoms with Crippen molar-refractivity contribution in [2.75, 3.05) is 19.5 Å². The largest absolute Gasteiger partial charge is 0.346 e. The monoisotopic (exact) mass is 241 g/mol. The third-order valence-electron chi connectivity index (χ3n) is 2.29. The van der Waals surface area contributed by atoms with E-state index in [0.29, 0.717) is 23.7 Å². The predicted molar refractivity (Wildman–Crippen MR) is 59.5 cm³/mol. The van der Waals surface area contributed by atoms with Gasteiger partial charge in [-0.1, -0.05) is 6.07 Å². The molecule has 0 amide bonds. The summed E-state index contributed by atoms with van der Waals surface area (Å²) in [5.74, 6) is 0. The topological polar surface area (TPSA) is 61.6 Å². The number of thioether (sulfide) groups is 1. The summed E-state index contributed by atoms with van der Waals surface area (Å²) in [5.41, 5.74) is 0.797. The van der Waals surface area contributed by atoms with Gasteiger partial charge in [0, 0.05) is 11.6 Å². The second kappa shape index (κ2) is 4.82. The van der Waals surface area contributed by atoms with E-state index in [1.165, 1.54) is 17.8 Å². The molecule has 16 heavy (non-hydrogen) atoms. The van der Waals surface area contributed by atoms with E-state index in [9.17, 15) is 10.1 Å². The van der Waals surface area contributed by atoms with Gasteiger partial charge in [-0.05, 0) is 12.3 Å². The van der Waals surface area contributed by atoms with Gasteiger partial charge in [0.2, 0.25) is 0 Å². The van der Waals surface area contributed by atoms with E-state index >= 15 is 0 Å².